The number of halogens is 6. The molecular weight excluding hydrogens is 618 g/mol. The van der Waals surface area contributed by atoms with Gasteiger partial charge < -0.3 is 14.4 Å². The van der Waals surface area contributed by atoms with Crippen LogP contribution in [0.15, 0.2) is 54.9 Å². The van der Waals surface area contributed by atoms with Gasteiger partial charge in [-0.2, -0.15) is 31.4 Å². The maximum atomic E-state index is 13.6. The summed E-state index contributed by atoms with van der Waals surface area (Å²) in [5, 5.41) is 6.71. The summed E-state index contributed by atoms with van der Waals surface area (Å²) >= 11 is 0. The molecule has 242 valence electrons. The summed E-state index contributed by atoms with van der Waals surface area (Å²) in [7, 11) is 1.52. The molecule has 0 saturated carbocycles. The highest BCUT2D eigenvalue weighted by Gasteiger charge is 2.43. The standard InChI is InChI=1S/C31H28F6N6O3/c1-17-28(19-12-20(30(32,33)34)14-21(13-19)31(35,36)37)46-29(44)43(17)15-24-22(5-7-27(40-24)42-8-3-9-42)23-10-18(4-6-25(23)45-2)11-26-38-16-39-41-26/h4-7,10,12-14,16-17,28H,3,8-9,11,15H2,1-2H3,(H,38,39,41)/t17-,28-/m0/s1. The Morgan fingerprint density at radius 1 is 0.978 bits per heavy atom. The summed E-state index contributed by atoms with van der Waals surface area (Å²) in [6.45, 7) is 2.97. The number of pyridine rings is 1. The average molecular weight is 647 g/mol. The van der Waals surface area contributed by atoms with Crippen LogP contribution in [0.2, 0.25) is 0 Å². The second-order valence-corrected chi connectivity index (χ2v) is 11.2. The van der Waals surface area contributed by atoms with Crippen LogP contribution in [0.4, 0.5) is 37.0 Å². The molecule has 0 unspecified atom stereocenters. The van der Waals surface area contributed by atoms with E-state index >= 15 is 0 Å². The van der Waals surface area contributed by atoms with Crippen molar-refractivity contribution >= 4 is 11.9 Å². The normalized spacial score (nSPS) is 18.5. The van der Waals surface area contributed by atoms with E-state index in [0.717, 1.165) is 25.1 Å². The monoisotopic (exact) mass is 646 g/mol. The van der Waals surface area contributed by atoms with Gasteiger partial charge in [0, 0.05) is 30.6 Å². The molecule has 9 nitrogen and oxygen atoms in total. The van der Waals surface area contributed by atoms with Gasteiger partial charge in [-0.05, 0) is 66.9 Å². The van der Waals surface area contributed by atoms with E-state index in [4.69, 9.17) is 14.5 Å². The van der Waals surface area contributed by atoms with Gasteiger partial charge in [-0.3, -0.25) is 10.00 Å². The quantitative estimate of drug-likeness (QED) is 0.211. The van der Waals surface area contributed by atoms with E-state index < -0.39 is 47.3 Å². The molecule has 2 saturated heterocycles. The van der Waals surface area contributed by atoms with E-state index in [9.17, 15) is 31.1 Å². The highest BCUT2D eigenvalue weighted by molar-refractivity contribution is 5.76. The fraction of sp³-hybridized carbons (Fsp3) is 0.355. The lowest BCUT2D eigenvalue weighted by Crippen LogP contribution is -2.38. The predicted octanol–water partition coefficient (Wildman–Crippen LogP) is 6.80. The number of alkyl halides is 6. The number of benzene rings is 2. The van der Waals surface area contributed by atoms with Crippen LogP contribution in [0.1, 0.15) is 53.2 Å². The van der Waals surface area contributed by atoms with Gasteiger partial charge in [0.25, 0.3) is 0 Å². The first kappa shape index (κ1) is 31.2. The zero-order valence-electron chi connectivity index (χ0n) is 24.6. The van der Waals surface area contributed by atoms with E-state index in [2.05, 4.69) is 20.1 Å². The predicted molar refractivity (Wildman–Crippen MR) is 153 cm³/mol. The van der Waals surface area contributed by atoms with Crippen molar-refractivity contribution in [1.82, 2.24) is 25.1 Å². The van der Waals surface area contributed by atoms with Crippen molar-refractivity contribution in [1.29, 1.82) is 0 Å². The lowest BCUT2D eigenvalue weighted by molar-refractivity contribution is -0.143. The maximum absolute atomic E-state index is 13.6. The fourth-order valence-electron chi connectivity index (χ4n) is 5.63. The van der Waals surface area contributed by atoms with Crippen molar-refractivity contribution in [3.63, 3.8) is 0 Å². The third-order valence-electron chi connectivity index (χ3n) is 8.18. The summed E-state index contributed by atoms with van der Waals surface area (Å²) < 4.78 is 92.6. The Morgan fingerprint density at radius 3 is 2.28 bits per heavy atom. The van der Waals surface area contributed by atoms with Gasteiger partial charge in [-0.25, -0.2) is 14.8 Å². The van der Waals surface area contributed by atoms with Crippen molar-refractivity contribution in [2.75, 3.05) is 25.1 Å². The van der Waals surface area contributed by atoms with Crippen LogP contribution in [0.3, 0.4) is 0 Å². The zero-order chi connectivity index (χ0) is 32.8. The Balaban J connectivity index is 1.37. The van der Waals surface area contributed by atoms with E-state index in [1.54, 1.807) is 6.07 Å². The van der Waals surface area contributed by atoms with Crippen LogP contribution in [0.5, 0.6) is 5.75 Å². The molecule has 15 heteroatoms. The second kappa shape index (κ2) is 11.8. The summed E-state index contributed by atoms with van der Waals surface area (Å²) in [5.41, 5.74) is -0.753. The van der Waals surface area contributed by atoms with E-state index in [1.165, 1.54) is 25.3 Å². The first-order valence-corrected chi connectivity index (χ1v) is 14.3. The number of carbonyl (C=O) groups excluding carboxylic acids is 1. The molecule has 2 aromatic carbocycles. The summed E-state index contributed by atoms with van der Waals surface area (Å²) in [6, 6.07) is 9.58. The van der Waals surface area contributed by atoms with Crippen LogP contribution in [0.25, 0.3) is 11.1 Å². The smallest absolute Gasteiger partial charge is 0.416 e. The molecule has 1 N–H and O–H groups in total. The first-order valence-electron chi connectivity index (χ1n) is 14.3. The molecule has 2 fully saturated rings. The summed E-state index contributed by atoms with van der Waals surface area (Å²) in [5.74, 6) is 1.84. The number of cyclic esters (lactones) is 1. The van der Waals surface area contributed by atoms with Gasteiger partial charge in [0.2, 0.25) is 0 Å². The number of anilines is 1. The average Bonchev–Trinajstić information content (AvgIpc) is 3.59. The van der Waals surface area contributed by atoms with E-state index in [1.807, 2.05) is 24.3 Å². The molecule has 2 aromatic heterocycles. The van der Waals surface area contributed by atoms with Crippen molar-refractivity contribution in [3.8, 4) is 16.9 Å². The van der Waals surface area contributed by atoms with Crippen LogP contribution in [0, 0.1) is 0 Å². The van der Waals surface area contributed by atoms with Crippen LogP contribution >= 0.6 is 0 Å². The molecule has 2 aliphatic rings. The molecule has 4 heterocycles. The molecule has 1 amide bonds. The number of rotatable bonds is 8. The number of aromatic amines is 1. The first-order chi connectivity index (χ1) is 21.8. The molecule has 2 atom stereocenters. The Morgan fingerprint density at radius 2 is 1.70 bits per heavy atom. The minimum atomic E-state index is -5.04. The molecule has 0 radical (unpaired) electrons. The van der Waals surface area contributed by atoms with Gasteiger partial charge >= 0.3 is 18.4 Å². The fourth-order valence-corrected chi connectivity index (χ4v) is 5.63. The number of nitrogens with zero attached hydrogens (tertiary/aromatic N) is 5. The number of carbonyl (C=O) groups is 1. The molecule has 0 bridgehead atoms. The lowest BCUT2D eigenvalue weighted by Gasteiger charge is -2.33. The van der Waals surface area contributed by atoms with Gasteiger partial charge in [0.05, 0.1) is 36.5 Å². The van der Waals surface area contributed by atoms with E-state index in [0.29, 0.717) is 52.8 Å². The molecule has 0 spiro atoms. The third kappa shape index (κ3) is 6.17. The van der Waals surface area contributed by atoms with Crippen LogP contribution in [-0.2, 0) is 30.1 Å². The zero-order valence-corrected chi connectivity index (χ0v) is 24.6. The topological polar surface area (TPSA) is 96.5 Å². The van der Waals surface area contributed by atoms with Crippen molar-refractivity contribution < 1.29 is 40.6 Å². The highest BCUT2D eigenvalue weighted by atomic mass is 19.4. The third-order valence-corrected chi connectivity index (χ3v) is 8.18. The highest BCUT2D eigenvalue weighted by Crippen LogP contribution is 2.42. The van der Waals surface area contributed by atoms with Gasteiger partial charge in [0.1, 0.15) is 29.8 Å². The van der Waals surface area contributed by atoms with E-state index in [-0.39, 0.29) is 12.6 Å². The Bertz CT molecular complexity index is 1710. The maximum Gasteiger partial charge on any atom is 0.416 e. The van der Waals surface area contributed by atoms with Crippen LogP contribution < -0.4 is 9.64 Å². The van der Waals surface area contributed by atoms with Gasteiger partial charge in [-0.15, -0.1) is 0 Å². The number of H-pyrrole nitrogens is 1. The molecule has 6 rings (SSSR count). The van der Waals surface area contributed by atoms with Gasteiger partial charge in [0.15, 0.2) is 0 Å². The Kier molecular flexibility index (Phi) is 8.02. The van der Waals surface area contributed by atoms with Crippen molar-refractivity contribution in [2.24, 2.45) is 0 Å². The summed E-state index contributed by atoms with van der Waals surface area (Å²) in [6.07, 6.45) is -9.53. The largest absolute Gasteiger partial charge is 0.496 e. The molecule has 46 heavy (non-hydrogen) atoms. The lowest BCUT2D eigenvalue weighted by atomic mass is 9.96. The summed E-state index contributed by atoms with van der Waals surface area (Å²) in [4.78, 5) is 25.6. The number of nitrogens with one attached hydrogen (secondary N) is 1. The van der Waals surface area contributed by atoms with Crippen molar-refractivity contribution in [3.05, 3.63) is 88.6 Å². The molecule has 0 aliphatic carbocycles. The number of amides is 1. The molecule has 2 aliphatic heterocycles. The Hall–Kier alpha value is -4.82. The number of hydrogen-bond acceptors (Lipinski definition) is 7. The minimum Gasteiger partial charge on any atom is -0.496 e. The van der Waals surface area contributed by atoms with Crippen molar-refractivity contribution in [2.45, 2.75) is 50.8 Å². The SMILES string of the molecule is COc1ccc(Cc2ncn[nH]2)cc1-c1ccc(N2CCC2)nc1CN1C(=O)O[C@H](c2cc(C(F)(F)F)cc(C(F)(F)F)c2)[C@@H]1C. The minimum absolute atomic E-state index is 0.0457. The number of hydrogen-bond donors (Lipinski definition) is 1. The number of ether oxygens (including phenoxy) is 2. The number of methoxy groups -OCH3 is 1. The van der Waals surface area contributed by atoms with Gasteiger partial charge in [-0.1, -0.05) is 6.07 Å². The van der Waals surface area contributed by atoms with Crippen LogP contribution in [-0.4, -0.2) is 57.4 Å². The molecule has 4 aromatic rings. The Labute approximate surface area is 259 Å². The molecular formula is C31H28F6N6O3. The number of aromatic nitrogens is 4. The second-order valence-electron chi connectivity index (χ2n) is 11.2.